The third kappa shape index (κ3) is 4.48. The van der Waals surface area contributed by atoms with E-state index < -0.39 is 0 Å². The number of hydrogen-bond donors (Lipinski definition) is 0. The molecule has 1 heterocycles. The Kier molecular flexibility index (Phi) is 7.14. The number of benzene rings is 2. The highest BCUT2D eigenvalue weighted by atomic mass is 16.2. The summed E-state index contributed by atoms with van der Waals surface area (Å²) in [6.45, 7) is 22.4. The van der Waals surface area contributed by atoms with Crippen molar-refractivity contribution in [3.8, 4) is 0 Å². The standard InChI is InChI=1S/C17H22N2.C17H12O3/c1-9-10(2)12(4)16(13(5)11(9)3)17-14(6)18-19(8)15(17)7;1-9-7-11(8-10(2)15(9)18)14-16(19)12-5-3-4-6-13(12)17(14)20/h1,7H2,2-6,8H3;3-8H,1-2H3. The van der Waals surface area contributed by atoms with Crippen molar-refractivity contribution in [1.82, 2.24) is 9.78 Å². The molecule has 5 nitrogen and oxygen atoms in total. The van der Waals surface area contributed by atoms with Crippen molar-refractivity contribution in [2.24, 2.45) is 7.05 Å². The number of Topliss-reactive ketones (excluding diaryl/α,β-unsaturated/α-hetero) is 3. The van der Waals surface area contributed by atoms with Gasteiger partial charge in [-0.3, -0.25) is 19.1 Å². The van der Waals surface area contributed by atoms with Crippen LogP contribution >= 0.6 is 0 Å². The number of nitrogens with zero attached hydrogens (tertiary/aromatic N) is 2. The molecule has 0 atom stereocenters. The molecule has 198 valence electrons. The van der Waals surface area contributed by atoms with Gasteiger partial charge in [-0.05, 0) is 110 Å². The molecule has 3 aromatic rings. The van der Waals surface area contributed by atoms with Gasteiger partial charge in [0.15, 0.2) is 17.3 Å². The van der Waals surface area contributed by atoms with E-state index in [2.05, 4.69) is 46.0 Å². The zero-order valence-electron chi connectivity index (χ0n) is 24.0. The summed E-state index contributed by atoms with van der Waals surface area (Å²) in [7, 11) is 1.94. The van der Waals surface area contributed by atoms with Crippen molar-refractivity contribution in [2.45, 2.75) is 48.5 Å². The van der Waals surface area contributed by atoms with Crippen LogP contribution in [0.5, 0.6) is 0 Å². The van der Waals surface area contributed by atoms with Gasteiger partial charge in [0, 0.05) is 23.4 Å². The van der Waals surface area contributed by atoms with E-state index in [0.717, 1.165) is 16.3 Å². The summed E-state index contributed by atoms with van der Waals surface area (Å²) >= 11 is 0. The summed E-state index contributed by atoms with van der Waals surface area (Å²) in [6, 6.07) is 6.79. The fourth-order valence-electron chi connectivity index (χ4n) is 5.40. The lowest BCUT2D eigenvalue weighted by Gasteiger charge is -2.11. The minimum Gasteiger partial charge on any atom is -0.289 e. The summed E-state index contributed by atoms with van der Waals surface area (Å²) in [5.74, 6) is -0.573. The number of fused-ring (bicyclic) bond motifs is 1. The van der Waals surface area contributed by atoms with E-state index in [0.29, 0.717) is 27.8 Å². The maximum atomic E-state index is 12.4. The third-order valence-corrected chi connectivity index (χ3v) is 7.99. The molecular formula is C34H34N2O3. The van der Waals surface area contributed by atoms with E-state index in [1.165, 1.54) is 32.7 Å². The largest absolute Gasteiger partial charge is 0.289 e. The van der Waals surface area contributed by atoms with E-state index >= 15 is 0 Å². The first-order chi connectivity index (χ1) is 18.3. The number of hydrogen-bond acceptors (Lipinski definition) is 4. The molecule has 0 spiro atoms. The molecule has 1 aromatic heterocycles. The van der Waals surface area contributed by atoms with Crippen LogP contribution in [0.1, 0.15) is 62.5 Å². The summed E-state index contributed by atoms with van der Waals surface area (Å²) in [5, 5.41) is 9.05. The van der Waals surface area contributed by atoms with Crippen LogP contribution in [0.25, 0.3) is 13.2 Å². The lowest BCUT2D eigenvalue weighted by atomic mass is 9.91. The third-order valence-electron chi connectivity index (χ3n) is 7.99. The molecule has 0 radical (unpaired) electrons. The SMILES string of the molecule is C=c1c(C)c(C)c(=c2c(C)nn(C)c2=C)c(C)c1C.CC1=CC(=C2C(=O)c3ccccc3C2=O)C=C(C)C1=O. The Hall–Kier alpha value is -4.38. The number of aryl methyl sites for hydroxylation is 2. The molecule has 2 aromatic carbocycles. The average molecular weight is 519 g/mol. The Bertz CT molecular complexity index is 1820. The Balaban J connectivity index is 0.000000181. The van der Waals surface area contributed by atoms with E-state index in [1.807, 2.05) is 18.7 Å². The molecule has 0 N–H and O–H groups in total. The molecule has 0 saturated carbocycles. The number of rotatable bonds is 0. The predicted molar refractivity (Wildman–Crippen MR) is 156 cm³/mol. The van der Waals surface area contributed by atoms with Crippen LogP contribution in [0.4, 0.5) is 0 Å². The first-order valence-electron chi connectivity index (χ1n) is 12.9. The van der Waals surface area contributed by atoms with Crippen LogP contribution in [0.3, 0.4) is 0 Å². The van der Waals surface area contributed by atoms with Crippen molar-refractivity contribution in [3.63, 3.8) is 0 Å². The average Bonchev–Trinajstić information content (AvgIpc) is 3.31. The Labute approximate surface area is 228 Å². The molecule has 0 aliphatic heterocycles. The molecule has 0 fully saturated rings. The minimum absolute atomic E-state index is 0.0511. The molecule has 5 heteroatoms. The van der Waals surface area contributed by atoms with Crippen LogP contribution in [-0.2, 0) is 11.8 Å². The van der Waals surface area contributed by atoms with Crippen molar-refractivity contribution < 1.29 is 14.4 Å². The first-order valence-corrected chi connectivity index (χ1v) is 12.9. The highest BCUT2D eigenvalue weighted by Crippen LogP contribution is 2.31. The maximum absolute atomic E-state index is 12.4. The van der Waals surface area contributed by atoms with E-state index in [-0.39, 0.29) is 22.9 Å². The fraction of sp³-hybridized carbons (Fsp3) is 0.235. The lowest BCUT2D eigenvalue weighted by Crippen LogP contribution is -2.16. The number of allylic oxidation sites excluding steroid dienone is 6. The van der Waals surface area contributed by atoms with Crippen LogP contribution in [0, 0.1) is 45.1 Å². The van der Waals surface area contributed by atoms with E-state index in [9.17, 15) is 14.4 Å². The fourth-order valence-corrected chi connectivity index (χ4v) is 5.40. The highest BCUT2D eigenvalue weighted by Gasteiger charge is 2.35. The Morgan fingerprint density at radius 3 is 1.54 bits per heavy atom. The van der Waals surface area contributed by atoms with Gasteiger partial charge >= 0.3 is 0 Å². The van der Waals surface area contributed by atoms with Gasteiger partial charge < -0.3 is 0 Å². The van der Waals surface area contributed by atoms with Gasteiger partial charge in [-0.2, -0.15) is 5.10 Å². The normalized spacial score (nSPS) is 14.7. The predicted octanol–water partition coefficient (Wildman–Crippen LogP) is 4.91. The van der Waals surface area contributed by atoms with Crippen molar-refractivity contribution >= 4 is 30.5 Å². The maximum Gasteiger partial charge on any atom is 0.198 e. The van der Waals surface area contributed by atoms with Crippen LogP contribution < -0.4 is 10.6 Å². The summed E-state index contributed by atoms with van der Waals surface area (Å²) in [6.07, 6.45) is 3.23. The molecular weight excluding hydrogens is 484 g/mol. The summed E-state index contributed by atoms with van der Waals surface area (Å²) in [4.78, 5) is 36.5. The Morgan fingerprint density at radius 2 is 1.13 bits per heavy atom. The van der Waals surface area contributed by atoms with Gasteiger partial charge in [-0.15, -0.1) is 0 Å². The zero-order chi connectivity index (χ0) is 28.9. The second kappa shape index (κ2) is 10.1. The summed E-state index contributed by atoms with van der Waals surface area (Å²) in [5.41, 5.74) is 8.80. The lowest BCUT2D eigenvalue weighted by molar-refractivity contribution is -0.112. The molecule has 5 rings (SSSR count). The van der Waals surface area contributed by atoms with E-state index in [1.54, 1.807) is 50.3 Å². The molecule has 0 saturated heterocycles. The van der Waals surface area contributed by atoms with Gasteiger partial charge in [0.1, 0.15) is 0 Å². The van der Waals surface area contributed by atoms with Crippen LogP contribution in [-0.4, -0.2) is 27.1 Å². The molecule has 0 unspecified atom stereocenters. The molecule has 39 heavy (non-hydrogen) atoms. The first kappa shape index (κ1) is 27.6. The second-order valence-corrected chi connectivity index (χ2v) is 10.4. The van der Waals surface area contributed by atoms with Gasteiger partial charge in [0.25, 0.3) is 0 Å². The van der Waals surface area contributed by atoms with Gasteiger partial charge in [0.2, 0.25) is 0 Å². The van der Waals surface area contributed by atoms with E-state index in [4.69, 9.17) is 0 Å². The molecule has 2 aliphatic rings. The van der Waals surface area contributed by atoms with Crippen molar-refractivity contribution in [1.29, 1.82) is 0 Å². The zero-order valence-corrected chi connectivity index (χ0v) is 24.0. The monoisotopic (exact) mass is 518 g/mol. The highest BCUT2D eigenvalue weighted by molar-refractivity contribution is 6.40. The summed E-state index contributed by atoms with van der Waals surface area (Å²) < 4.78 is 1.85. The molecule has 2 aliphatic carbocycles. The molecule has 0 amide bonds. The van der Waals surface area contributed by atoms with Gasteiger partial charge in [-0.1, -0.05) is 37.4 Å². The number of aromatic nitrogens is 2. The van der Waals surface area contributed by atoms with Gasteiger partial charge in [0.05, 0.1) is 16.6 Å². The minimum atomic E-state index is -0.261. The smallest absolute Gasteiger partial charge is 0.198 e. The van der Waals surface area contributed by atoms with Gasteiger partial charge in [-0.25, -0.2) is 0 Å². The van der Waals surface area contributed by atoms with Crippen LogP contribution in [0.2, 0.25) is 0 Å². The number of carbonyl (C=O) groups is 3. The van der Waals surface area contributed by atoms with Crippen molar-refractivity contribution in [2.75, 3.05) is 0 Å². The topological polar surface area (TPSA) is 69.0 Å². The number of carbonyl (C=O) groups excluding carboxylic acids is 3. The van der Waals surface area contributed by atoms with Crippen molar-refractivity contribution in [3.05, 3.63) is 119 Å². The molecule has 0 bridgehead atoms. The number of ketones is 3. The second-order valence-electron chi connectivity index (χ2n) is 10.4. The Morgan fingerprint density at radius 1 is 0.667 bits per heavy atom. The van der Waals surface area contributed by atoms with Crippen LogP contribution in [0.15, 0.2) is 58.7 Å². The quantitative estimate of drug-likeness (QED) is 0.313.